The van der Waals surface area contributed by atoms with Crippen LogP contribution in [0, 0.1) is 6.92 Å². The fourth-order valence-electron chi connectivity index (χ4n) is 3.50. The summed E-state index contributed by atoms with van der Waals surface area (Å²) in [5.41, 5.74) is 5.89. The van der Waals surface area contributed by atoms with E-state index < -0.39 is 0 Å². The molecule has 3 aromatic rings. The highest BCUT2D eigenvalue weighted by Crippen LogP contribution is 2.35. The van der Waals surface area contributed by atoms with Crippen LogP contribution in [-0.4, -0.2) is 6.85 Å². The summed E-state index contributed by atoms with van der Waals surface area (Å²) in [6.45, 7) is 2.25. The first-order chi connectivity index (χ1) is 12.8. The minimum absolute atomic E-state index is 0.0938. The number of para-hydroxylation sites is 1. The maximum atomic E-state index is 6.61. The molecule has 3 aromatic carbocycles. The van der Waals surface area contributed by atoms with Gasteiger partial charge in [-0.3, -0.25) is 0 Å². The van der Waals surface area contributed by atoms with E-state index in [2.05, 4.69) is 84.5 Å². The fourth-order valence-corrected chi connectivity index (χ4v) is 3.73. The molecule has 1 aliphatic heterocycles. The topological polar surface area (TPSA) is 3.24 Å². The Kier molecular flexibility index (Phi) is 4.68. The van der Waals surface area contributed by atoms with Gasteiger partial charge in [-0.05, 0) is 36.2 Å². The van der Waals surface area contributed by atoms with E-state index in [-0.39, 0.29) is 6.85 Å². The van der Waals surface area contributed by atoms with E-state index in [1.165, 1.54) is 16.6 Å². The fraction of sp³-hybridized carbons (Fsp3) is 0.0435. The van der Waals surface area contributed by atoms with Crippen LogP contribution in [0.3, 0.4) is 0 Å². The highest BCUT2D eigenvalue weighted by molar-refractivity contribution is 6.83. The molecule has 0 fully saturated rings. The molecule has 0 spiro atoms. The van der Waals surface area contributed by atoms with Gasteiger partial charge in [0.1, 0.15) is 0 Å². The minimum atomic E-state index is 0.0938. The molecule has 0 saturated heterocycles. The molecule has 4 rings (SSSR count). The van der Waals surface area contributed by atoms with Crippen LogP contribution in [0.25, 0.3) is 5.70 Å². The Bertz CT molecular complexity index is 978. The van der Waals surface area contributed by atoms with Crippen LogP contribution in [0.1, 0.15) is 11.1 Å². The van der Waals surface area contributed by atoms with Crippen molar-refractivity contribution in [1.29, 1.82) is 0 Å². The Balaban J connectivity index is 1.90. The number of hydrogen-bond acceptors (Lipinski definition) is 1. The third kappa shape index (κ3) is 3.09. The molecule has 0 N–H and O–H groups in total. The predicted octanol–water partition coefficient (Wildman–Crippen LogP) is 5.50. The molecule has 0 aromatic heterocycles. The van der Waals surface area contributed by atoms with E-state index in [0.29, 0.717) is 0 Å². The van der Waals surface area contributed by atoms with E-state index in [1.807, 2.05) is 24.3 Å². The Morgan fingerprint density at radius 2 is 1.50 bits per heavy atom. The van der Waals surface area contributed by atoms with Crippen LogP contribution in [0.15, 0.2) is 97.0 Å². The summed E-state index contributed by atoms with van der Waals surface area (Å²) in [5, 5.41) is 0.753. The normalized spacial score (nSPS) is 13.7. The quantitative estimate of drug-likeness (QED) is 0.560. The van der Waals surface area contributed by atoms with E-state index in [9.17, 15) is 0 Å². The second-order valence-electron chi connectivity index (χ2n) is 6.43. The summed E-state index contributed by atoms with van der Waals surface area (Å²) in [6, 6.07) is 27.1. The first-order valence-electron chi connectivity index (χ1n) is 8.79. The van der Waals surface area contributed by atoms with Crippen LogP contribution in [0.2, 0.25) is 5.02 Å². The van der Waals surface area contributed by atoms with Gasteiger partial charge in [0.25, 0.3) is 0 Å². The summed E-state index contributed by atoms with van der Waals surface area (Å²) >= 11 is 6.61. The van der Waals surface area contributed by atoms with E-state index >= 15 is 0 Å². The van der Waals surface area contributed by atoms with Gasteiger partial charge >= 0.3 is 6.85 Å². The lowest BCUT2D eigenvalue weighted by molar-refractivity contribution is 1.37. The van der Waals surface area contributed by atoms with Crippen LogP contribution in [0.5, 0.6) is 0 Å². The monoisotopic (exact) mass is 355 g/mol. The molecule has 0 aliphatic carbocycles. The van der Waals surface area contributed by atoms with Crippen LogP contribution in [-0.2, 0) is 0 Å². The largest absolute Gasteiger partial charge is 0.376 e. The van der Waals surface area contributed by atoms with Crippen molar-refractivity contribution in [2.24, 2.45) is 0 Å². The Labute approximate surface area is 160 Å². The maximum Gasteiger partial charge on any atom is 0.320 e. The van der Waals surface area contributed by atoms with Crippen molar-refractivity contribution < 1.29 is 0 Å². The van der Waals surface area contributed by atoms with Crippen LogP contribution >= 0.6 is 11.6 Å². The summed E-state index contributed by atoms with van der Waals surface area (Å²) in [4.78, 5) is 2.33. The minimum Gasteiger partial charge on any atom is -0.376 e. The second kappa shape index (κ2) is 7.27. The zero-order valence-corrected chi connectivity index (χ0v) is 15.4. The summed E-state index contributed by atoms with van der Waals surface area (Å²) < 4.78 is 0. The smallest absolute Gasteiger partial charge is 0.320 e. The van der Waals surface area contributed by atoms with E-state index in [4.69, 9.17) is 11.6 Å². The zero-order valence-electron chi connectivity index (χ0n) is 14.6. The standard InChI is InChI=1S/C23H19BClN/c1-18-10-5-6-13-20(18)24-17-9-16-22(19-11-3-2-4-12-19)26(24)23-15-8-7-14-21(23)25/h2-17H,1H3. The Morgan fingerprint density at radius 1 is 0.808 bits per heavy atom. The molecule has 1 aliphatic rings. The SMILES string of the molecule is Cc1ccccc1B1C=CC=C(c2ccccc2)N1c1ccccc1Cl. The van der Waals surface area contributed by atoms with Crippen LogP contribution in [0.4, 0.5) is 5.69 Å². The number of halogens is 1. The molecule has 0 radical (unpaired) electrons. The molecule has 0 atom stereocenters. The molecule has 1 heterocycles. The molecule has 0 unspecified atom stereocenters. The Morgan fingerprint density at radius 3 is 2.27 bits per heavy atom. The number of hydrogen-bond donors (Lipinski definition) is 0. The third-order valence-electron chi connectivity index (χ3n) is 4.77. The lowest BCUT2D eigenvalue weighted by Crippen LogP contribution is -2.48. The van der Waals surface area contributed by atoms with Gasteiger partial charge in [-0.1, -0.05) is 95.9 Å². The first-order valence-corrected chi connectivity index (χ1v) is 9.17. The predicted molar refractivity (Wildman–Crippen MR) is 114 cm³/mol. The molecule has 26 heavy (non-hydrogen) atoms. The molecule has 3 heteroatoms. The highest BCUT2D eigenvalue weighted by Gasteiger charge is 2.31. The average molecular weight is 356 g/mol. The van der Waals surface area contributed by atoms with Gasteiger partial charge in [-0.2, -0.15) is 0 Å². The number of anilines is 1. The molecular weight excluding hydrogens is 337 g/mol. The zero-order chi connectivity index (χ0) is 17.9. The molecule has 126 valence electrons. The summed E-state index contributed by atoms with van der Waals surface area (Å²) in [6.07, 6.45) is 4.31. The van der Waals surface area contributed by atoms with Crippen molar-refractivity contribution in [3.63, 3.8) is 0 Å². The lowest BCUT2D eigenvalue weighted by atomic mass is 9.51. The average Bonchev–Trinajstić information content (AvgIpc) is 2.69. The van der Waals surface area contributed by atoms with Crippen molar-refractivity contribution in [3.8, 4) is 0 Å². The summed E-state index contributed by atoms with van der Waals surface area (Å²) in [5.74, 6) is 2.23. The number of benzene rings is 3. The molecule has 1 nitrogen and oxygen atoms in total. The maximum absolute atomic E-state index is 6.61. The van der Waals surface area contributed by atoms with Gasteiger partial charge in [0.15, 0.2) is 0 Å². The van der Waals surface area contributed by atoms with Gasteiger partial charge in [0.05, 0.1) is 5.02 Å². The van der Waals surface area contributed by atoms with Gasteiger partial charge < -0.3 is 4.81 Å². The third-order valence-corrected chi connectivity index (χ3v) is 5.09. The number of nitrogens with zero attached hydrogens (tertiary/aromatic N) is 1. The highest BCUT2D eigenvalue weighted by atomic mass is 35.5. The van der Waals surface area contributed by atoms with Crippen LogP contribution < -0.4 is 10.3 Å². The Hall–Kier alpha value is -2.71. The van der Waals surface area contributed by atoms with Crippen molar-refractivity contribution >= 4 is 35.3 Å². The number of aryl methyl sites for hydroxylation is 1. The van der Waals surface area contributed by atoms with Crippen molar-refractivity contribution in [3.05, 3.63) is 113 Å². The van der Waals surface area contributed by atoms with E-state index in [0.717, 1.165) is 16.4 Å². The second-order valence-corrected chi connectivity index (χ2v) is 6.83. The van der Waals surface area contributed by atoms with Gasteiger partial charge in [-0.15, -0.1) is 0 Å². The van der Waals surface area contributed by atoms with Gasteiger partial charge in [0, 0.05) is 11.4 Å². The molecule has 0 amide bonds. The van der Waals surface area contributed by atoms with E-state index in [1.54, 1.807) is 0 Å². The summed E-state index contributed by atoms with van der Waals surface area (Å²) in [7, 11) is 0. The van der Waals surface area contributed by atoms with Crippen molar-refractivity contribution in [2.75, 3.05) is 4.81 Å². The van der Waals surface area contributed by atoms with Gasteiger partial charge in [0.2, 0.25) is 0 Å². The molecular formula is C23H19BClN. The number of rotatable bonds is 3. The van der Waals surface area contributed by atoms with Crippen molar-refractivity contribution in [1.82, 2.24) is 0 Å². The molecule has 0 saturated carbocycles. The first kappa shape index (κ1) is 16.7. The van der Waals surface area contributed by atoms with Crippen molar-refractivity contribution in [2.45, 2.75) is 6.92 Å². The number of allylic oxidation sites excluding steroid dienone is 2. The molecule has 0 bridgehead atoms. The lowest BCUT2D eigenvalue weighted by Gasteiger charge is -2.36. The van der Waals surface area contributed by atoms with Gasteiger partial charge in [-0.25, -0.2) is 0 Å².